The van der Waals surface area contributed by atoms with Gasteiger partial charge in [0.25, 0.3) is 11.8 Å². The molecule has 2 aliphatic rings. The first-order valence-corrected chi connectivity index (χ1v) is 9.10. The predicted molar refractivity (Wildman–Crippen MR) is 97.2 cm³/mol. The molecule has 0 saturated heterocycles. The normalized spacial score (nSPS) is 18.0. The second kappa shape index (κ2) is 6.56. The average Bonchev–Trinajstić information content (AvgIpc) is 3.23. The molecule has 5 rings (SSSR count). The van der Waals surface area contributed by atoms with Crippen molar-refractivity contribution in [2.24, 2.45) is 0 Å². The number of carbonyl (C=O) groups excluding carboxylic acids is 2. The highest BCUT2D eigenvalue weighted by Crippen LogP contribution is 2.39. The van der Waals surface area contributed by atoms with E-state index in [1.165, 1.54) is 25.0 Å². The van der Waals surface area contributed by atoms with Crippen LogP contribution < -0.4 is 5.32 Å². The zero-order chi connectivity index (χ0) is 19.1. The van der Waals surface area contributed by atoms with Gasteiger partial charge in [-0.25, -0.2) is 9.97 Å². The third-order valence-corrected chi connectivity index (χ3v) is 5.03. The van der Waals surface area contributed by atoms with Gasteiger partial charge in [-0.05, 0) is 36.1 Å². The lowest BCUT2D eigenvalue weighted by molar-refractivity contribution is 0.0696. The van der Waals surface area contributed by atoms with E-state index in [9.17, 15) is 9.59 Å². The Morgan fingerprint density at radius 3 is 2.75 bits per heavy atom. The number of aromatic nitrogens is 3. The zero-order valence-corrected chi connectivity index (χ0v) is 14.9. The number of nitrogens with one attached hydrogen (secondary N) is 1. The topological polar surface area (TPSA) is 101 Å². The Morgan fingerprint density at radius 2 is 2.04 bits per heavy atom. The molecule has 0 bridgehead atoms. The van der Waals surface area contributed by atoms with Crippen molar-refractivity contribution in [1.82, 2.24) is 25.2 Å². The molecule has 1 aliphatic heterocycles. The van der Waals surface area contributed by atoms with Gasteiger partial charge in [-0.15, -0.1) is 0 Å². The molecule has 1 N–H and O–H groups in total. The van der Waals surface area contributed by atoms with Crippen molar-refractivity contribution >= 4 is 11.8 Å². The van der Waals surface area contributed by atoms with Crippen LogP contribution in [0.3, 0.4) is 0 Å². The maximum absolute atomic E-state index is 13.1. The van der Waals surface area contributed by atoms with E-state index in [1.54, 1.807) is 17.2 Å². The van der Waals surface area contributed by atoms with Gasteiger partial charge >= 0.3 is 0 Å². The minimum Gasteiger partial charge on any atom is -0.446 e. The van der Waals surface area contributed by atoms with Crippen LogP contribution in [0.4, 0.5) is 0 Å². The molecule has 1 saturated carbocycles. The van der Waals surface area contributed by atoms with E-state index in [-0.39, 0.29) is 23.6 Å². The van der Waals surface area contributed by atoms with Gasteiger partial charge in [-0.3, -0.25) is 14.6 Å². The van der Waals surface area contributed by atoms with Crippen LogP contribution in [-0.4, -0.2) is 37.7 Å². The summed E-state index contributed by atoms with van der Waals surface area (Å²) in [6, 6.07) is 5.38. The standard InChI is InChI=1S/C20H17N5O3/c26-19(24-14-2-3-14)12-1-4-15-13(7-12)10-25(18(15)17-9-22-11-28-17)20(27)16-8-21-5-6-23-16/h1,4-9,11,14,18H,2-3,10H2,(H,24,26). The molecule has 3 aromatic rings. The zero-order valence-electron chi connectivity index (χ0n) is 14.9. The van der Waals surface area contributed by atoms with Gasteiger partial charge in [-0.1, -0.05) is 6.07 Å². The number of rotatable bonds is 4. The molecule has 1 atom stereocenters. The lowest BCUT2D eigenvalue weighted by atomic mass is 10.0. The highest BCUT2D eigenvalue weighted by atomic mass is 16.3. The summed E-state index contributed by atoms with van der Waals surface area (Å²) in [6.07, 6.45) is 9.46. The number of hydrogen-bond acceptors (Lipinski definition) is 6. The van der Waals surface area contributed by atoms with Crippen LogP contribution in [0.15, 0.2) is 53.8 Å². The Balaban J connectivity index is 1.51. The van der Waals surface area contributed by atoms with Crippen molar-refractivity contribution in [1.29, 1.82) is 0 Å². The van der Waals surface area contributed by atoms with Gasteiger partial charge in [0.2, 0.25) is 0 Å². The van der Waals surface area contributed by atoms with Crippen LogP contribution >= 0.6 is 0 Å². The monoisotopic (exact) mass is 375 g/mol. The van der Waals surface area contributed by atoms with Crippen molar-refractivity contribution in [3.63, 3.8) is 0 Å². The summed E-state index contributed by atoms with van der Waals surface area (Å²) in [5.41, 5.74) is 2.67. The summed E-state index contributed by atoms with van der Waals surface area (Å²) in [5, 5.41) is 2.99. The molecule has 8 heteroatoms. The van der Waals surface area contributed by atoms with E-state index in [2.05, 4.69) is 20.3 Å². The van der Waals surface area contributed by atoms with Crippen LogP contribution in [0.2, 0.25) is 0 Å². The maximum atomic E-state index is 13.1. The number of oxazole rings is 1. The Labute approximate surface area is 160 Å². The van der Waals surface area contributed by atoms with E-state index in [0.29, 0.717) is 17.9 Å². The molecule has 28 heavy (non-hydrogen) atoms. The third-order valence-electron chi connectivity index (χ3n) is 5.03. The molecule has 3 heterocycles. The van der Waals surface area contributed by atoms with Crippen LogP contribution in [-0.2, 0) is 6.54 Å². The summed E-state index contributed by atoms with van der Waals surface area (Å²) in [6.45, 7) is 0.348. The SMILES string of the molecule is O=C(NC1CC1)c1ccc2c(c1)CN(C(=O)c1cnccn1)C2c1cnco1. The molecule has 1 aromatic carbocycles. The highest BCUT2D eigenvalue weighted by molar-refractivity contribution is 5.95. The number of carbonyl (C=O) groups is 2. The fourth-order valence-corrected chi connectivity index (χ4v) is 3.50. The van der Waals surface area contributed by atoms with E-state index in [1.807, 2.05) is 12.1 Å². The Morgan fingerprint density at radius 1 is 1.14 bits per heavy atom. The fraction of sp³-hybridized carbons (Fsp3) is 0.250. The second-order valence-electron chi connectivity index (χ2n) is 6.99. The van der Waals surface area contributed by atoms with Gasteiger partial charge in [0.1, 0.15) is 11.7 Å². The molecule has 2 aromatic heterocycles. The molecule has 8 nitrogen and oxygen atoms in total. The lowest BCUT2D eigenvalue weighted by Gasteiger charge is -2.22. The Hall–Kier alpha value is -3.55. The first-order chi connectivity index (χ1) is 13.7. The fourth-order valence-electron chi connectivity index (χ4n) is 3.50. The number of benzene rings is 1. The minimum atomic E-state index is -0.424. The van der Waals surface area contributed by atoms with E-state index in [4.69, 9.17) is 4.42 Å². The van der Waals surface area contributed by atoms with Crippen LogP contribution in [0.25, 0.3) is 0 Å². The van der Waals surface area contributed by atoms with E-state index < -0.39 is 6.04 Å². The summed E-state index contributed by atoms with van der Waals surface area (Å²) >= 11 is 0. The quantitative estimate of drug-likeness (QED) is 0.749. The molecule has 1 fully saturated rings. The lowest BCUT2D eigenvalue weighted by Crippen LogP contribution is -2.30. The van der Waals surface area contributed by atoms with Gasteiger partial charge < -0.3 is 14.6 Å². The highest BCUT2D eigenvalue weighted by Gasteiger charge is 2.38. The van der Waals surface area contributed by atoms with Crippen LogP contribution in [0, 0.1) is 0 Å². The van der Waals surface area contributed by atoms with Crippen molar-refractivity contribution < 1.29 is 14.0 Å². The van der Waals surface area contributed by atoms with Gasteiger partial charge in [0.05, 0.1) is 12.4 Å². The van der Waals surface area contributed by atoms with Gasteiger partial charge in [0.15, 0.2) is 12.2 Å². The third kappa shape index (κ3) is 2.92. The smallest absolute Gasteiger partial charge is 0.275 e. The van der Waals surface area contributed by atoms with E-state index in [0.717, 1.165) is 24.0 Å². The number of hydrogen-bond donors (Lipinski definition) is 1. The number of nitrogens with zero attached hydrogens (tertiary/aromatic N) is 4. The minimum absolute atomic E-state index is 0.0831. The molecule has 0 radical (unpaired) electrons. The van der Waals surface area contributed by atoms with Gasteiger partial charge in [0, 0.05) is 30.5 Å². The molecular weight excluding hydrogens is 358 g/mol. The second-order valence-corrected chi connectivity index (χ2v) is 6.99. The van der Waals surface area contributed by atoms with Gasteiger partial charge in [-0.2, -0.15) is 0 Å². The molecule has 0 spiro atoms. The number of amides is 2. The Bertz CT molecular complexity index is 1030. The average molecular weight is 375 g/mol. The predicted octanol–water partition coefficient (Wildman–Crippen LogP) is 2.10. The van der Waals surface area contributed by atoms with Crippen LogP contribution in [0.1, 0.15) is 56.6 Å². The van der Waals surface area contributed by atoms with Crippen molar-refractivity contribution in [3.05, 3.63) is 77.5 Å². The largest absolute Gasteiger partial charge is 0.446 e. The summed E-state index contributed by atoms with van der Waals surface area (Å²) < 4.78 is 5.51. The summed E-state index contributed by atoms with van der Waals surface area (Å²) in [4.78, 5) is 39.2. The summed E-state index contributed by atoms with van der Waals surface area (Å²) in [5.74, 6) is 0.223. The van der Waals surface area contributed by atoms with Crippen molar-refractivity contribution in [3.8, 4) is 0 Å². The first-order valence-electron chi connectivity index (χ1n) is 9.10. The molecule has 2 amide bonds. The molecule has 140 valence electrons. The van der Waals surface area contributed by atoms with Crippen LogP contribution in [0.5, 0.6) is 0 Å². The molecular formula is C20H17N5O3. The molecule has 1 unspecified atom stereocenters. The number of fused-ring (bicyclic) bond motifs is 1. The Kier molecular flexibility index (Phi) is 3.89. The maximum Gasteiger partial charge on any atom is 0.275 e. The van der Waals surface area contributed by atoms with E-state index >= 15 is 0 Å². The summed E-state index contributed by atoms with van der Waals surface area (Å²) in [7, 11) is 0. The first kappa shape index (κ1) is 16.6. The van der Waals surface area contributed by atoms with Crippen molar-refractivity contribution in [2.75, 3.05) is 0 Å². The van der Waals surface area contributed by atoms with Crippen molar-refractivity contribution in [2.45, 2.75) is 31.5 Å². The molecule has 1 aliphatic carbocycles.